The van der Waals surface area contributed by atoms with Gasteiger partial charge in [-0.25, -0.2) is 4.39 Å². The molecule has 0 saturated carbocycles. The molecule has 0 unspecified atom stereocenters. The Kier molecular flexibility index (Phi) is 9.37. The van der Waals surface area contributed by atoms with Crippen LogP contribution in [0.5, 0.6) is 0 Å². The number of anilines is 2. The minimum absolute atomic E-state index is 0.0846. The van der Waals surface area contributed by atoms with Crippen LogP contribution in [0.25, 0.3) is 0 Å². The molecule has 0 aliphatic carbocycles. The Bertz CT molecular complexity index is 1080. The van der Waals surface area contributed by atoms with E-state index in [0.717, 1.165) is 18.5 Å². The largest absolute Gasteiger partial charge is 0.342 e. The van der Waals surface area contributed by atoms with E-state index in [1.54, 1.807) is 4.90 Å². The third-order valence-electron chi connectivity index (χ3n) is 7.73. The molecule has 7 nitrogen and oxygen atoms in total. The van der Waals surface area contributed by atoms with Gasteiger partial charge in [-0.05, 0) is 55.7 Å². The predicted octanol–water partition coefficient (Wildman–Crippen LogP) is 5.18. The van der Waals surface area contributed by atoms with Gasteiger partial charge < -0.3 is 20.0 Å². The summed E-state index contributed by atoms with van der Waals surface area (Å²) in [5, 5.41) is 2.75. The number of hydrogen-bond acceptors (Lipinski definition) is 4. The molecule has 0 aromatic heterocycles. The van der Waals surface area contributed by atoms with Crippen molar-refractivity contribution in [2.24, 2.45) is 0 Å². The summed E-state index contributed by atoms with van der Waals surface area (Å²) in [6.07, 6.45) is 8.48. The summed E-state index contributed by atoms with van der Waals surface area (Å²) < 4.78 is 13.2. The number of carbonyl (C=O) groups excluding carboxylic acids is 3. The average Bonchev–Trinajstić information content (AvgIpc) is 3.18. The van der Waals surface area contributed by atoms with Crippen molar-refractivity contribution in [3.8, 4) is 0 Å². The van der Waals surface area contributed by atoms with Crippen molar-refractivity contribution < 1.29 is 18.8 Å². The predicted molar refractivity (Wildman–Crippen MR) is 147 cm³/mol. The second-order valence-corrected chi connectivity index (χ2v) is 10.4. The maximum atomic E-state index is 13.8. The SMILES string of the molecule is CCCCCCCCC(=O)N1CCC2(CC1)C(=O)N(CC(=O)Nc1ccc(F)cc1)CN2c1ccccc1. The molecule has 2 saturated heterocycles. The van der Waals surface area contributed by atoms with Gasteiger partial charge in [-0.3, -0.25) is 14.4 Å². The molecule has 2 aromatic carbocycles. The highest BCUT2D eigenvalue weighted by Gasteiger charge is 2.54. The van der Waals surface area contributed by atoms with Crippen molar-refractivity contribution in [1.82, 2.24) is 9.80 Å². The third-order valence-corrected chi connectivity index (χ3v) is 7.73. The van der Waals surface area contributed by atoms with Gasteiger partial charge in [-0.2, -0.15) is 0 Å². The number of nitrogens with zero attached hydrogens (tertiary/aromatic N) is 3. The normalized spacial score (nSPS) is 16.8. The molecule has 2 aliphatic heterocycles. The fourth-order valence-electron chi connectivity index (χ4n) is 5.57. The fourth-order valence-corrected chi connectivity index (χ4v) is 5.57. The van der Waals surface area contributed by atoms with Crippen molar-refractivity contribution >= 4 is 29.1 Å². The monoisotopic (exact) mass is 522 g/mol. The van der Waals surface area contributed by atoms with Gasteiger partial charge in [0.25, 0.3) is 5.91 Å². The van der Waals surface area contributed by atoms with Gasteiger partial charge in [0.15, 0.2) is 0 Å². The first-order chi connectivity index (χ1) is 18.4. The molecular weight excluding hydrogens is 483 g/mol. The zero-order valence-corrected chi connectivity index (χ0v) is 22.3. The lowest BCUT2D eigenvalue weighted by Crippen LogP contribution is -2.57. The fraction of sp³-hybridized carbons (Fsp3) is 0.500. The van der Waals surface area contributed by atoms with Crippen LogP contribution in [0.4, 0.5) is 15.8 Å². The first-order valence-electron chi connectivity index (χ1n) is 13.9. The molecule has 2 fully saturated rings. The van der Waals surface area contributed by atoms with E-state index >= 15 is 0 Å². The van der Waals surface area contributed by atoms with Gasteiger partial charge in [-0.15, -0.1) is 0 Å². The summed E-state index contributed by atoms with van der Waals surface area (Å²) in [6.45, 7) is 3.45. The summed E-state index contributed by atoms with van der Waals surface area (Å²) in [5.41, 5.74) is 0.623. The summed E-state index contributed by atoms with van der Waals surface area (Å²) in [7, 11) is 0. The molecule has 4 rings (SSSR count). The number of benzene rings is 2. The second-order valence-electron chi connectivity index (χ2n) is 10.4. The number of piperidine rings is 1. The van der Waals surface area contributed by atoms with E-state index in [1.165, 1.54) is 49.9 Å². The van der Waals surface area contributed by atoms with Gasteiger partial charge in [0.1, 0.15) is 17.9 Å². The molecule has 0 bridgehead atoms. The van der Waals surface area contributed by atoms with E-state index < -0.39 is 5.54 Å². The summed E-state index contributed by atoms with van der Waals surface area (Å²) >= 11 is 0. The molecule has 1 spiro atoms. The van der Waals surface area contributed by atoms with Crippen molar-refractivity contribution in [3.05, 3.63) is 60.4 Å². The Hall–Kier alpha value is -3.42. The van der Waals surface area contributed by atoms with E-state index in [-0.39, 0.29) is 30.1 Å². The number of nitrogens with one attached hydrogen (secondary N) is 1. The molecule has 2 aromatic rings. The molecule has 0 radical (unpaired) electrons. The Morgan fingerprint density at radius 2 is 1.58 bits per heavy atom. The van der Waals surface area contributed by atoms with Crippen LogP contribution < -0.4 is 10.2 Å². The molecule has 2 aliphatic rings. The number of para-hydroxylation sites is 1. The molecule has 2 heterocycles. The van der Waals surface area contributed by atoms with Crippen molar-refractivity contribution in [3.63, 3.8) is 0 Å². The number of hydrogen-bond donors (Lipinski definition) is 1. The van der Waals surface area contributed by atoms with Crippen LogP contribution in [0.1, 0.15) is 64.7 Å². The lowest BCUT2D eigenvalue weighted by molar-refractivity contribution is -0.139. The minimum Gasteiger partial charge on any atom is -0.342 e. The molecule has 38 heavy (non-hydrogen) atoms. The van der Waals surface area contributed by atoms with Gasteiger partial charge in [0.2, 0.25) is 11.8 Å². The minimum atomic E-state index is -0.783. The summed E-state index contributed by atoms with van der Waals surface area (Å²) in [5.74, 6) is -0.627. The first-order valence-corrected chi connectivity index (χ1v) is 13.9. The van der Waals surface area contributed by atoms with Crippen LogP contribution >= 0.6 is 0 Å². The Morgan fingerprint density at radius 1 is 0.921 bits per heavy atom. The van der Waals surface area contributed by atoms with E-state index in [4.69, 9.17) is 0 Å². The van der Waals surface area contributed by atoms with Gasteiger partial charge in [0.05, 0.1) is 6.67 Å². The molecule has 3 amide bonds. The highest BCUT2D eigenvalue weighted by Crippen LogP contribution is 2.39. The number of rotatable bonds is 11. The number of amides is 3. The lowest BCUT2D eigenvalue weighted by atomic mass is 9.85. The quantitative estimate of drug-likeness (QED) is 0.413. The Balaban J connectivity index is 1.39. The zero-order chi connectivity index (χ0) is 27.0. The Labute approximate surface area is 225 Å². The highest BCUT2D eigenvalue weighted by molar-refractivity contribution is 5.99. The van der Waals surface area contributed by atoms with Crippen LogP contribution in [-0.2, 0) is 14.4 Å². The van der Waals surface area contributed by atoms with Crippen LogP contribution in [0, 0.1) is 5.82 Å². The van der Waals surface area contributed by atoms with E-state index in [1.807, 2.05) is 35.2 Å². The van der Waals surface area contributed by atoms with Crippen LogP contribution in [-0.4, -0.2) is 59.4 Å². The van der Waals surface area contributed by atoms with Crippen LogP contribution in [0.15, 0.2) is 54.6 Å². The van der Waals surface area contributed by atoms with Crippen molar-refractivity contribution in [1.29, 1.82) is 0 Å². The number of likely N-dealkylation sites (tertiary alicyclic amines) is 1. The van der Waals surface area contributed by atoms with Gasteiger partial charge in [-0.1, -0.05) is 57.2 Å². The molecule has 1 N–H and O–H groups in total. The maximum absolute atomic E-state index is 13.8. The van der Waals surface area contributed by atoms with Gasteiger partial charge >= 0.3 is 0 Å². The zero-order valence-electron chi connectivity index (χ0n) is 22.3. The highest BCUT2D eigenvalue weighted by atomic mass is 19.1. The number of carbonyl (C=O) groups is 3. The maximum Gasteiger partial charge on any atom is 0.250 e. The van der Waals surface area contributed by atoms with E-state index in [0.29, 0.717) is 44.7 Å². The van der Waals surface area contributed by atoms with Crippen LogP contribution in [0.2, 0.25) is 0 Å². The smallest absolute Gasteiger partial charge is 0.250 e. The molecule has 0 atom stereocenters. The molecule has 204 valence electrons. The molecular formula is C30H39FN4O3. The van der Waals surface area contributed by atoms with Crippen molar-refractivity contribution in [2.75, 3.05) is 36.5 Å². The number of unbranched alkanes of at least 4 members (excludes halogenated alkanes) is 5. The van der Waals surface area contributed by atoms with Gasteiger partial charge in [0, 0.05) is 30.9 Å². The second kappa shape index (κ2) is 12.9. The number of halogens is 1. The summed E-state index contributed by atoms with van der Waals surface area (Å²) in [6, 6.07) is 15.3. The topological polar surface area (TPSA) is 73.0 Å². The standard InChI is InChI=1S/C30H39FN4O3/c1-2-3-4-5-6-10-13-28(37)33-20-18-30(19-21-33)29(38)34(23-35(30)26-11-8-7-9-12-26)22-27(36)32-25-16-14-24(31)15-17-25/h7-9,11-12,14-17H,2-6,10,13,18-23H2,1H3,(H,32,36). The molecule has 8 heteroatoms. The average molecular weight is 523 g/mol. The first kappa shape index (κ1) is 27.6. The lowest BCUT2D eigenvalue weighted by Gasteiger charge is -2.43. The van der Waals surface area contributed by atoms with Crippen molar-refractivity contribution in [2.45, 2.75) is 70.3 Å². The van der Waals surface area contributed by atoms with Crippen LogP contribution in [0.3, 0.4) is 0 Å². The third kappa shape index (κ3) is 6.52. The summed E-state index contributed by atoms with van der Waals surface area (Å²) in [4.78, 5) is 45.0. The van der Waals surface area contributed by atoms with E-state index in [2.05, 4.69) is 17.1 Å². The Morgan fingerprint density at radius 3 is 2.26 bits per heavy atom. The van der Waals surface area contributed by atoms with E-state index in [9.17, 15) is 18.8 Å².